The minimum absolute atomic E-state index is 0.497. The van der Waals surface area contributed by atoms with Crippen LogP contribution >= 0.6 is 0 Å². The maximum Gasteiger partial charge on any atom is 0.435 e. The van der Waals surface area contributed by atoms with E-state index < -0.39 is 11.6 Å². The Morgan fingerprint density at radius 3 is 2.75 bits per heavy atom. The standard InChI is InChI=1S/C9H15N5O2/c1-9(2,14-7-10-6-11-14)5-12-16-8(15)13(3)4/h5-7H,1-4H3. The number of carbonyl (C=O) groups excluding carboxylic acids is 1. The van der Waals surface area contributed by atoms with Gasteiger partial charge in [-0.15, -0.1) is 0 Å². The number of aromatic nitrogens is 3. The second-order valence-corrected chi connectivity index (χ2v) is 3.98. The molecule has 16 heavy (non-hydrogen) atoms. The Morgan fingerprint density at radius 2 is 2.25 bits per heavy atom. The Labute approximate surface area is 93.7 Å². The molecule has 0 spiro atoms. The van der Waals surface area contributed by atoms with Gasteiger partial charge in [0.05, 0.1) is 11.8 Å². The highest BCUT2D eigenvalue weighted by Crippen LogP contribution is 2.09. The Morgan fingerprint density at radius 1 is 1.56 bits per heavy atom. The molecular formula is C9H15N5O2. The van der Waals surface area contributed by atoms with Crippen molar-refractivity contribution in [1.29, 1.82) is 0 Å². The van der Waals surface area contributed by atoms with E-state index in [0.29, 0.717) is 0 Å². The summed E-state index contributed by atoms with van der Waals surface area (Å²) in [5, 5.41) is 7.60. The summed E-state index contributed by atoms with van der Waals surface area (Å²) >= 11 is 0. The zero-order valence-electron chi connectivity index (χ0n) is 9.78. The molecule has 0 atom stereocenters. The van der Waals surface area contributed by atoms with Gasteiger partial charge in [-0.05, 0) is 13.8 Å². The fourth-order valence-corrected chi connectivity index (χ4v) is 0.847. The van der Waals surface area contributed by atoms with Gasteiger partial charge < -0.3 is 4.90 Å². The van der Waals surface area contributed by atoms with Crippen LogP contribution in [-0.2, 0) is 10.4 Å². The van der Waals surface area contributed by atoms with Crippen LogP contribution in [0.25, 0.3) is 0 Å². The predicted molar refractivity (Wildman–Crippen MR) is 58.0 cm³/mol. The lowest BCUT2D eigenvalue weighted by atomic mass is 10.1. The highest BCUT2D eigenvalue weighted by molar-refractivity contribution is 5.70. The van der Waals surface area contributed by atoms with Gasteiger partial charge in [-0.25, -0.2) is 14.5 Å². The van der Waals surface area contributed by atoms with Crippen molar-refractivity contribution < 1.29 is 9.63 Å². The summed E-state index contributed by atoms with van der Waals surface area (Å²) in [6.07, 6.45) is 3.97. The Bertz CT molecular complexity index is 369. The maximum absolute atomic E-state index is 11.1. The number of hydrogen-bond acceptors (Lipinski definition) is 5. The minimum atomic E-state index is -0.523. The van der Waals surface area contributed by atoms with Crippen LogP contribution in [0.4, 0.5) is 4.79 Å². The van der Waals surface area contributed by atoms with Gasteiger partial charge in [0.1, 0.15) is 12.7 Å². The Balaban J connectivity index is 2.60. The fourth-order valence-electron chi connectivity index (χ4n) is 0.847. The first-order valence-corrected chi connectivity index (χ1v) is 4.71. The zero-order chi connectivity index (χ0) is 12.2. The molecule has 0 aromatic carbocycles. The lowest BCUT2D eigenvalue weighted by molar-refractivity contribution is 0.122. The molecule has 1 rings (SSSR count). The van der Waals surface area contributed by atoms with E-state index in [4.69, 9.17) is 0 Å². The molecule has 0 bridgehead atoms. The first-order valence-electron chi connectivity index (χ1n) is 4.71. The number of amides is 1. The first kappa shape index (κ1) is 12.2. The number of carbonyl (C=O) groups is 1. The topological polar surface area (TPSA) is 72.6 Å². The van der Waals surface area contributed by atoms with Crippen molar-refractivity contribution in [1.82, 2.24) is 19.7 Å². The van der Waals surface area contributed by atoms with Crippen molar-refractivity contribution >= 4 is 12.3 Å². The summed E-state index contributed by atoms with van der Waals surface area (Å²) in [6, 6.07) is 0. The molecule has 0 N–H and O–H groups in total. The second-order valence-electron chi connectivity index (χ2n) is 3.98. The summed E-state index contributed by atoms with van der Waals surface area (Å²) in [5.74, 6) is 0. The highest BCUT2D eigenvalue weighted by Gasteiger charge is 2.18. The van der Waals surface area contributed by atoms with E-state index in [1.54, 1.807) is 25.1 Å². The maximum atomic E-state index is 11.1. The third-order valence-corrected chi connectivity index (χ3v) is 1.87. The van der Waals surface area contributed by atoms with Crippen molar-refractivity contribution in [3.05, 3.63) is 12.7 Å². The molecular weight excluding hydrogens is 210 g/mol. The van der Waals surface area contributed by atoms with E-state index in [9.17, 15) is 4.79 Å². The smallest absolute Gasteiger partial charge is 0.312 e. The van der Waals surface area contributed by atoms with Crippen LogP contribution in [0, 0.1) is 0 Å². The summed E-state index contributed by atoms with van der Waals surface area (Å²) in [5.41, 5.74) is -0.497. The number of nitrogens with zero attached hydrogens (tertiary/aromatic N) is 5. The Hall–Kier alpha value is -1.92. The summed E-state index contributed by atoms with van der Waals surface area (Å²) in [4.78, 5) is 20.8. The molecule has 88 valence electrons. The zero-order valence-corrected chi connectivity index (χ0v) is 9.78. The molecule has 7 nitrogen and oxygen atoms in total. The molecule has 7 heteroatoms. The van der Waals surface area contributed by atoms with E-state index in [1.165, 1.54) is 17.4 Å². The predicted octanol–water partition coefficient (Wildman–Crippen LogP) is 0.697. The van der Waals surface area contributed by atoms with E-state index in [2.05, 4.69) is 20.1 Å². The van der Waals surface area contributed by atoms with Gasteiger partial charge >= 0.3 is 6.09 Å². The number of rotatable bonds is 3. The number of hydrogen-bond donors (Lipinski definition) is 0. The van der Waals surface area contributed by atoms with E-state index in [0.717, 1.165) is 0 Å². The molecule has 0 aliphatic rings. The molecule has 0 fully saturated rings. The van der Waals surface area contributed by atoms with Gasteiger partial charge in [0.2, 0.25) is 0 Å². The van der Waals surface area contributed by atoms with Crippen molar-refractivity contribution in [2.24, 2.45) is 5.16 Å². The van der Waals surface area contributed by atoms with E-state index in [1.807, 2.05) is 13.8 Å². The van der Waals surface area contributed by atoms with Gasteiger partial charge in [-0.3, -0.25) is 4.84 Å². The summed E-state index contributed by atoms with van der Waals surface area (Å²) in [7, 11) is 3.17. The van der Waals surface area contributed by atoms with Crippen LogP contribution in [0.15, 0.2) is 17.8 Å². The molecule has 1 amide bonds. The molecule has 0 unspecified atom stereocenters. The fraction of sp³-hybridized carbons (Fsp3) is 0.556. The van der Waals surface area contributed by atoms with Gasteiger partial charge in [0, 0.05) is 14.1 Å². The quantitative estimate of drug-likeness (QED) is 0.431. The van der Waals surface area contributed by atoms with Crippen molar-refractivity contribution in [2.45, 2.75) is 19.4 Å². The van der Waals surface area contributed by atoms with Crippen molar-refractivity contribution in [2.75, 3.05) is 14.1 Å². The normalized spacial score (nSPS) is 11.8. The molecule has 1 aromatic heterocycles. The van der Waals surface area contributed by atoms with Crippen LogP contribution in [0.1, 0.15) is 13.8 Å². The van der Waals surface area contributed by atoms with Crippen LogP contribution in [0.2, 0.25) is 0 Å². The van der Waals surface area contributed by atoms with Gasteiger partial charge in [-0.2, -0.15) is 5.10 Å². The lowest BCUT2D eigenvalue weighted by Crippen LogP contribution is -2.29. The minimum Gasteiger partial charge on any atom is -0.312 e. The second kappa shape index (κ2) is 4.73. The largest absolute Gasteiger partial charge is 0.435 e. The average molecular weight is 225 g/mol. The highest BCUT2D eigenvalue weighted by atomic mass is 16.7. The monoisotopic (exact) mass is 225 g/mol. The Kier molecular flexibility index (Phi) is 3.60. The summed E-state index contributed by atoms with van der Waals surface area (Å²) < 4.78 is 1.61. The molecule has 0 aliphatic carbocycles. The van der Waals surface area contributed by atoms with E-state index in [-0.39, 0.29) is 0 Å². The van der Waals surface area contributed by atoms with E-state index >= 15 is 0 Å². The molecule has 0 saturated carbocycles. The molecule has 0 aliphatic heterocycles. The SMILES string of the molecule is CN(C)C(=O)ON=CC(C)(C)n1cncn1. The van der Waals surface area contributed by atoms with Gasteiger partial charge in [0.25, 0.3) is 0 Å². The van der Waals surface area contributed by atoms with Crippen molar-refractivity contribution in [3.63, 3.8) is 0 Å². The number of oxime groups is 1. The summed E-state index contributed by atoms with van der Waals surface area (Å²) in [6.45, 7) is 3.74. The van der Waals surface area contributed by atoms with Gasteiger partial charge in [-0.1, -0.05) is 5.16 Å². The third kappa shape index (κ3) is 3.04. The van der Waals surface area contributed by atoms with Crippen LogP contribution in [-0.4, -0.2) is 46.1 Å². The third-order valence-electron chi connectivity index (χ3n) is 1.87. The lowest BCUT2D eigenvalue weighted by Gasteiger charge is -2.18. The van der Waals surface area contributed by atoms with Gasteiger partial charge in [0.15, 0.2) is 0 Å². The molecule has 1 heterocycles. The van der Waals surface area contributed by atoms with Crippen LogP contribution in [0.3, 0.4) is 0 Å². The first-order chi connectivity index (χ1) is 7.43. The van der Waals surface area contributed by atoms with Crippen LogP contribution < -0.4 is 0 Å². The average Bonchev–Trinajstić information content (AvgIpc) is 2.70. The molecule has 0 radical (unpaired) electrons. The molecule has 1 aromatic rings. The molecule has 0 saturated heterocycles. The van der Waals surface area contributed by atoms with Crippen LogP contribution in [0.5, 0.6) is 0 Å². The van der Waals surface area contributed by atoms with Crippen molar-refractivity contribution in [3.8, 4) is 0 Å².